The van der Waals surface area contributed by atoms with Crippen molar-refractivity contribution in [3.8, 4) is 0 Å². The number of carbonyl (C=O) groups excluding carboxylic acids is 1. The molecule has 0 atom stereocenters. The summed E-state index contributed by atoms with van der Waals surface area (Å²) in [6.45, 7) is 2.21. The Morgan fingerprint density at radius 1 is 1.36 bits per heavy atom. The van der Waals surface area contributed by atoms with Gasteiger partial charge in [0, 0.05) is 18.3 Å². The molecule has 0 N–H and O–H groups in total. The second-order valence-electron chi connectivity index (χ2n) is 5.39. The Balaban J connectivity index is 1.72. The largest absolute Gasteiger partial charge is 0.361 e. The number of aromatic nitrogens is 1. The summed E-state index contributed by atoms with van der Waals surface area (Å²) in [7, 11) is -3.57. The van der Waals surface area contributed by atoms with E-state index in [4.69, 9.17) is 4.52 Å². The standard InChI is InChI=1S/C15H16N2O4S/c1-11-8-13(16-21-11)9-22(19,20)10-15(18)17-7-6-12-4-2-3-5-14(12)17/h2-5,8H,6-7,9-10H2,1H3. The molecule has 0 saturated carbocycles. The zero-order valence-electron chi connectivity index (χ0n) is 12.2. The highest BCUT2D eigenvalue weighted by atomic mass is 32.2. The summed E-state index contributed by atoms with van der Waals surface area (Å²) in [5, 5.41) is 3.66. The van der Waals surface area contributed by atoms with Crippen LogP contribution in [0.25, 0.3) is 0 Å². The fourth-order valence-corrected chi connectivity index (χ4v) is 3.85. The topological polar surface area (TPSA) is 80.5 Å². The van der Waals surface area contributed by atoms with Crippen LogP contribution in [-0.4, -0.2) is 31.8 Å². The molecule has 0 unspecified atom stereocenters. The lowest BCUT2D eigenvalue weighted by molar-refractivity contribution is -0.116. The van der Waals surface area contributed by atoms with E-state index in [1.54, 1.807) is 17.9 Å². The SMILES string of the molecule is Cc1cc(CS(=O)(=O)CC(=O)N2CCc3ccccc32)no1. The molecule has 2 heterocycles. The van der Waals surface area contributed by atoms with Crippen LogP contribution in [0.1, 0.15) is 17.0 Å². The molecular formula is C15H16N2O4S. The highest BCUT2D eigenvalue weighted by Gasteiger charge is 2.28. The molecule has 1 aromatic heterocycles. The summed E-state index contributed by atoms with van der Waals surface area (Å²) in [6.07, 6.45) is 0.754. The van der Waals surface area contributed by atoms with Crippen LogP contribution in [0.2, 0.25) is 0 Å². The van der Waals surface area contributed by atoms with Crippen molar-refractivity contribution in [2.45, 2.75) is 19.1 Å². The third-order valence-electron chi connectivity index (χ3n) is 3.58. The fourth-order valence-electron chi connectivity index (χ4n) is 2.63. The number of amides is 1. The summed E-state index contributed by atoms with van der Waals surface area (Å²) in [5.41, 5.74) is 2.20. The number of para-hydroxylation sites is 1. The van der Waals surface area contributed by atoms with E-state index in [1.165, 1.54) is 0 Å². The van der Waals surface area contributed by atoms with Gasteiger partial charge in [-0.25, -0.2) is 8.42 Å². The molecule has 22 heavy (non-hydrogen) atoms. The molecule has 1 amide bonds. The molecule has 6 nitrogen and oxygen atoms in total. The molecule has 0 radical (unpaired) electrons. The fraction of sp³-hybridized carbons (Fsp3) is 0.333. The molecular weight excluding hydrogens is 304 g/mol. The van der Waals surface area contributed by atoms with Crippen LogP contribution in [-0.2, 0) is 26.8 Å². The molecule has 1 aliphatic rings. The number of rotatable bonds is 4. The van der Waals surface area contributed by atoms with Gasteiger partial charge in [-0.05, 0) is 25.0 Å². The van der Waals surface area contributed by atoms with Gasteiger partial charge < -0.3 is 9.42 Å². The van der Waals surface area contributed by atoms with Gasteiger partial charge in [0.1, 0.15) is 11.5 Å². The van der Waals surface area contributed by atoms with Crippen LogP contribution in [0, 0.1) is 6.92 Å². The normalized spacial score (nSPS) is 14.1. The molecule has 3 rings (SSSR count). The van der Waals surface area contributed by atoms with E-state index < -0.39 is 21.5 Å². The summed E-state index contributed by atoms with van der Waals surface area (Å²) in [6, 6.07) is 9.11. The van der Waals surface area contributed by atoms with Gasteiger partial charge in [0.15, 0.2) is 9.84 Å². The van der Waals surface area contributed by atoms with Crippen molar-refractivity contribution >= 4 is 21.4 Å². The molecule has 0 bridgehead atoms. The number of carbonyl (C=O) groups is 1. The van der Waals surface area contributed by atoms with E-state index in [2.05, 4.69) is 5.16 Å². The number of fused-ring (bicyclic) bond motifs is 1. The minimum absolute atomic E-state index is 0.286. The van der Waals surface area contributed by atoms with Crippen molar-refractivity contribution in [2.75, 3.05) is 17.2 Å². The molecule has 116 valence electrons. The van der Waals surface area contributed by atoms with Crippen LogP contribution in [0.5, 0.6) is 0 Å². The summed E-state index contributed by atoms with van der Waals surface area (Å²) in [5.74, 6) is -0.658. The van der Waals surface area contributed by atoms with Crippen LogP contribution < -0.4 is 4.90 Å². The van der Waals surface area contributed by atoms with Gasteiger partial charge in [-0.3, -0.25) is 4.79 Å². The first-order valence-corrected chi connectivity index (χ1v) is 8.78. The third-order valence-corrected chi connectivity index (χ3v) is 5.00. The number of aryl methyl sites for hydroxylation is 1. The van der Waals surface area contributed by atoms with Gasteiger partial charge >= 0.3 is 0 Å². The molecule has 0 aliphatic carbocycles. The van der Waals surface area contributed by atoms with E-state index in [-0.39, 0.29) is 5.75 Å². The Bertz CT molecular complexity index is 810. The Morgan fingerprint density at radius 2 is 2.14 bits per heavy atom. The minimum Gasteiger partial charge on any atom is -0.361 e. The molecule has 0 fully saturated rings. The molecule has 1 aliphatic heterocycles. The molecule has 0 saturated heterocycles. The third kappa shape index (κ3) is 3.04. The van der Waals surface area contributed by atoms with Gasteiger partial charge in [0.2, 0.25) is 5.91 Å². The molecule has 2 aromatic rings. The Hall–Kier alpha value is -2.15. The molecule has 0 spiro atoms. The number of nitrogens with zero attached hydrogens (tertiary/aromatic N) is 2. The van der Waals surface area contributed by atoms with Gasteiger partial charge in [0.25, 0.3) is 0 Å². The zero-order chi connectivity index (χ0) is 15.7. The first-order chi connectivity index (χ1) is 10.4. The highest BCUT2D eigenvalue weighted by molar-refractivity contribution is 7.91. The second kappa shape index (κ2) is 5.57. The lowest BCUT2D eigenvalue weighted by atomic mass is 10.2. The van der Waals surface area contributed by atoms with Gasteiger partial charge in [-0.2, -0.15) is 0 Å². The van der Waals surface area contributed by atoms with Gasteiger partial charge in [-0.1, -0.05) is 23.4 Å². The monoisotopic (exact) mass is 320 g/mol. The van der Waals surface area contributed by atoms with Crippen LogP contribution in [0.4, 0.5) is 5.69 Å². The zero-order valence-corrected chi connectivity index (χ0v) is 13.0. The van der Waals surface area contributed by atoms with Crippen molar-refractivity contribution < 1.29 is 17.7 Å². The van der Waals surface area contributed by atoms with E-state index in [9.17, 15) is 13.2 Å². The van der Waals surface area contributed by atoms with E-state index in [0.717, 1.165) is 17.7 Å². The number of hydrogen-bond acceptors (Lipinski definition) is 5. The Kier molecular flexibility index (Phi) is 3.74. The highest BCUT2D eigenvalue weighted by Crippen LogP contribution is 2.27. The second-order valence-corrected chi connectivity index (χ2v) is 7.45. The van der Waals surface area contributed by atoms with Crippen LogP contribution >= 0.6 is 0 Å². The van der Waals surface area contributed by atoms with Gasteiger partial charge in [-0.15, -0.1) is 0 Å². The van der Waals surface area contributed by atoms with Crippen molar-refractivity contribution in [3.63, 3.8) is 0 Å². The average molecular weight is 320 g/mol. The van der Waals surface area contributed by atoms with Gasteiger partial charge in [0.05, 0.1) is 11.4 Å². The Morgan fingerprint density at radius 3 is 2.86 bits per heavy atom. The predicted molar refractivity (Wildman–Crippen MR) is 81.2 cm³/mol. The van der Waals surface area contributed by atoms with Crippen molar-refractivity contribution in [1.29, 1.82) is 0 Å². The average Bonchev–Trinajstić information content (AvgIpc) is 3.03. The van der Waals surface area contributed by atoms with Crippen molar-refractivity contribution in [1.82, 2.24) is 5.16 Å². The maximum absolute atomic E-state index is 12.3. The van der Waals surface area contributed by atoms with Crippen LogP contribution in [0.15, 0.2) is 34.9 Å². The summed E-state index contributed by atoms with van der Waals surface area (Å²) in [4.78, 5) is 13.9. The smallest absolute Gasteiger partial charge is 0.242 e. The van der Waals surface area contributed by atoms with E-state index >= 15 is 0 Å². The van der Waals surface area contributed by atoms with Crippen molar-refractivity contribution in [3.05, 3.63) is 47.3 Å². The molecule has 1 aromatic carbocycles. The predicted octanol–water partition coefficient (Wildman–Crippen LogP) is 1.49. The maximum Gasteiger partial charge on any atom is 0.242 e. The quantitative estimate of drug-likeness (QED) is 0.852. The Labute approximate surface area is 128 Å². The number of sulfone groups is 1. The number of hydrogen-bond donors (Lipinski definition) is 0. The lowest BCUT2D eigenvalue weighted by Gasteiger charge is -2.17. The first-order valence-electron chi connectivity index (χ1n) is 6.95. The number of anilines is 1. The summed E-state index contributed by atoms with van der Waals surface area (Å²) < 4.78 is 29.2. The molecule has 7 heteroatoms. The van der Waals surface area contributed by atoms with Crippen molar-refractivity contribution in [2.24, 2.45) is 0 Å². The minimum atomic E-state index is -3.57. The lowest BCUT2D eigenvalue weighted by Crippen LogP contribution is -2.34. The summed E-state index contributed by atoms with van der Waals surface area (Å²) >= 11 is 0. The first kappa shape index (κ1) is 14.8. The van der Waals surface area contributed by atoms with E-state index in [1.807, 2.05) is 24.3 Å². The van der Waals surface area contributed by atoms with E-state index in [0.29, 0.717) is 18.0 Å². The number of benzene rings is 1. The van der Waals surface area contributed by atoms with Crippen LogP contribution in [0.3, 0.4) is 0 Å². The maximum atomic E-state index is 12.3.